The molecule has 0 aliphatic carbocycles. The van der Waals surface area contributed by atoms with Gasteiger partial charge >= 0.3 is 0 Å². The molecule has 1 atom stereocenters. The van der Waals surface area contributed by atoms with Crippen LogP contribution in [0.15, 0.2) is 16.9 Å². The van der Waals surface area contributed by atoms with Crippen molar-refractivity contribution in [2.75, 3.05) is 5.32 Å². The van der Waals surface area contributed by atoms with Crippen LogP contribution in [-0.2, 0) is 13.0 Å². The third kappa shape index (κ3) is 3.49. The Morgan fingerprint density at radius 1 is 1.47 bits per heavy atom. The number of nitrogens with zero attached hydrogens (tertiary/aromatic N) is 4. The molecule has 0 aliphatic rings. The maximum atomic E-state index is 12.2. The van der Waals surface area contributed by atoms with E-state index in [9.17, 15) is 8.78 Å². The van der Waals surface area contributed by atoms with E-state index in [1.807, 2.05) is 13.8 Å². The normalized spacial score (nSPS) is 12.9. The van der Waals surface area contributed by atoms with E-state index in [-0.39, 0.29) is 6.04 Å². The molecule has 0 amide bonds. The van der Waals surface area contributed by atoms with Gasteiger partial charge in [-0.15, -0.1) is 0 Å². The monoisotopic (exact) mass is 271 g/mol. The molecule has 0 bridgehead atoms. The predicted octanol–water partition coefficient (Wildman–Crippen LogP) is 2.27. The molecule has 2 aromatic rings. The molecular formula is C11H15F2N5O. The molecule has 0 aromatic carbocycles. The fourth-order valence-electron chi connectivity index (χ4n) is 1.58. The second-order valence-corrected chi connectivity index (χ2v) is 4.11. The van der Waals surface area contributed by atoms with Gasteiger partial charge in [0.25, 0.3) is 6.43 Å². The van der Waals surface area contributed by atoms with Crippen molar-refractivity contribution in [3.8, 4) is 0 Å². The zero-order chi connectivity index (χ0) is 13.8. The molecule has 104 valence electrons. The zero-order valence-corrected chi connectivity index (χ0v) is 10.7. The standard InChI is InChI=1S/C11H15F2N5O/c1-3-10-16-11(19-17-10)7(2)15-8-4-14-18(5-8)6-9(12)13/h4-5,7,9,15H,3,6H2,1-2H3. The van der Waals surface area contributed by atoms with Crippen molar-refractivity contribution in [2.45, 2.75) is 39.3 Å². The van der Waals surface area contributed by atoms with Gasteiger partial charge in [0.1, 0.15) is 12.6 Å². The number of rotatable bonds is 6. The highest BCUT2D eigenvalue weighted by Crippen LogP contribution is 2.17. The number of halogens is 2. The van der Waals surface area contributed by atoms with Crippen LogP contribution < -0.4 is 5.32 Å². The van der Waals surface area contributed by atoms with Crippen LogP contribution in [0.3, 0.4) is 0 Å². The molecular weight excluding hydrogens is 256 g/mol. The van der Waals surface area contributed by atoms with E-state index in [0.717, 1.165) is 0 Å². The number of anilines is 1. The molecule has 0 saturated heterocycles. The number of aromatic nitrogens is 4. The van der Waals surface area contributed by atoms with Gasteiger partial charge in [0, 0.05) is 12.6 Å². The number of nitrogens with one attached hydrogen (secondary N) is 1. The van der Waals surface area contributed by atoms with Crippen LogP contribution in [0, 0.1) is 0 Å². The first-order valence-corrected chi connectivity index (χ1v) is 5.98. The zero-order valence-electron chi connectivity index (χ0n) is 10.7. The molecule has 0 aliphatic heterocycles. The van der Waals surface area contributed by atoms with Crippen LogP contribution >= 0.6 is 0 Å². The molecule has 0 fully saturated rings. The Hall–Kier alpha value is -1.99. The number of hydrogen-bond acceptors (Lipinski definition) is 5. The molecule has 0 spiro atoms. The Balaban J connectivity index is 1.98. The fraction of sp³-hybridized carbons (Fsp3) is 0.545. The quantitative estimate of drug-likeness (QED) is 0.872. The summed E-state index contributed by atoms with van der Waals surface area (Å²) in [4.78, 5) is 4.19. The van der Waals surface area contributed by atoms with Gasteiger partial charge in [-0.25, -0.2) is 8.78 Å². The van der Waals surface area contributed by atoms with Gasteiger partial charge in [-0.3, -0.25) is 4.68 Å². The van der Waals surface area contributed by atoms with Crippen LogP contribution in [0.2, 0.25) is 0 Å². The summed E-state index contributed by atoms with van der Waals surface area (Å²) in [5.41, 5.74) is 0.629. The summed E-state index contributed by atoms with van der Waals surface area (Å²) in [6.45, 7) is 3.36. The van der Waals surface area contributed by atoms with Gasteiger partial charge in [-0.05, 0) is 6.92 Å². The summed E-state index contributed by atoms with van der Waals surface area (Å²) in [6.07, 6.45) is 1.27. The highest BCUT2D eigenvalue weighted by molar-refractivity contribution is 5.39. The van der Waals surface area contributed by atoms with Crippen molar-refractivity contribution in [3.63, 3.8) is 0 Å². The van der Waals surface area contributed by atoms with Gasteiger partial charge in [0.15, 0.2) is 5.82 Å². The van der Waals surface area contributed by atoms with Gasteiger partial charge in [-0.1, -0.05) is 12.1 Å². The Bertz CT molecular complexity index is 525. The maximum Gasteiger partial charge on any atom is 0.257 e. The molecule has 2 heterocycles. The van der Waals surface area contributed by atoms with Crippen LogP contribution in [-0.4, -0.2) is 26.3 Å². The second kappa shape index (κ2) is 5.77. The Morgan fingerprint density at radius 2 is 2.26 bits per heavy atom. The lowest BCUT2D eigenvalue weighted by Crippen LogP contribution is -2.08. The molecule has 2 aromatic heterocycles. The molecule has 0 radical (unpaired) electrons. The lowest BCUT2D eigenvalue weighted by Gasteiger charge is -2.08. The molecule has 2 rings (SSSR count). The minimum Gasteiger partial charge on any atom is -0.371 e. The van der Waals surface area contributed by atoms with Crippen molar-refractivity contribution in [3.05, 3.63) is 24.1 Å². The van der Waals surface area contributed by atoms with Crippen molar-refractivity contribution >= 4 is 5.69 Å². The predicted molar refractivity (Wildman–Crippen MR) is 63.9 cm³/mol. The molecule has 1 N–H and O–H groups in total. The molecule has 1 unspecified atom stereocenters. The van der Waals surface area contributed by atoms with Crippen LogP contribution in [0.25, 0.3) is 0 Å². The number of aryl methyl sites for hydroxylation is 1. The fourth-order valence-corrected chi connectivity index (χ4v) is 1.58. The minimum atomic E-state index is -2.42. The van der Waals surface area contributed by atoms with Gasteiger partial charge < -0.3 is 9.84 Å². The number of hydrogen-bond donors (Lipinski definition) is 1. The van der Waals surface area contributed by atoms with Crippen molar-refractivity contribution in [2.24, 2.45) is 0 Å². The average molecular weight is 271 g/mol. The van der Waals surface area contributed by atoms with E-state index in [2.05, 4.69) is 20.6 Å². The first-order chi connectivity index (χ1) is 9.08. The van der Waals surface area contributed by atoms with Crippen molar-refractivity contribution in [1.82, 2.24) is 19.9 Å². The van der Waals surface area contributed by atoms with Gasteiger partial charge in [-0.2, -0.15) is 10.1 Å². The third-order valence-electron chi connectivity index (χ3n) is 2.51. The summed E-state index contributed by atoms with van der Waals surface area (Å²) in [6, 6.07) is -0.211. The van der Waals surface area contributed by atoms with Gasteiger partial charge in [0.05, 0.1) is 11.9 Å². The van der Waals surface area contributed by atoms with Crippen LogP contribution in [0.1, 0.15) is 31.6 Å². The molecule has 6 nitrogen and oxygen atoms in total. The Morgan fingerprint density at radius 3 is 2.89 bits per heavy atom. The summed E-state index contributed by atoms with van der Waals surface area (Å²) >= 11 is 0. The Kier molecular flexibility index (Phi) is 4.08. The largest absolute Gasteiger partial charge is 0.371 e. The second-order valence-electron chi connectivity index (χ2n) is 4.11. The van der Waals surface area contributed by atoms with Crippen molar-refractivity contribution < 1.29 is 13.3 Å². The summed E-state index contributed by atoms with van der Waals surface area (Å²) in [7, 11) is 0. The summed E-state index contributed by atoms with van der Waals surface area (Å²) in [5.74, 6) is 1.09. The lowest BCUT2D eigenvalue weighted by atomic mass is 10.3. The highest BCUT2D eigenvalue weighted by atomic mass is 19.3. The molecule has 0 saturated carbocycles. The average Bonchev–Trinajstić information content (AvgIpc) is 2.97. The first-order valence-electron chi connectivity index (χ1n) is 5.98. The van der Waals surface area contributed by atoms with Crippen molar-refractivity contribution in [1.29, 1.82) is 0 Å². The molecule has 19 heavy (non-hydrogen) atoms. The minimum absolute atomic E-state index is 0.211. The third-order valence-corrected chi connectivity index (χ3v) is 2.51. The SMILES string of the molecule is CCc1noc(C(C)Nc2cnn(CC(F)F)c2)n1. The number of alkyl halides is 2. The molecule has 8 heteroatoms. The van der Waals surface area contributed by atoms with E-state index in [1.54, 1.807) is 0 Å². The Labute approximate surface area is 108 Å². The van der Waals surface area contributed by atoms with E-state index >= 15 is 0 Å². The van der Waals surface area contributed by atoms with E-state index < -0.39 is 13.0 Å². The van der Waals surface area contributed by atoms with E-state index in [4.69, 9.17) is 4.52 Å². The highest BCUT2D eigenvalue weighted by Gasteiger charge is 2.14. The smallest absolute Gasteiger partial charge is 0.257 e. The first kappa shape index (κ1) is 13.4. The van der Waals surface area contributed by atoms with E-state index in [1.165, 1.54) is 17.1 Å². The van der Waals surface area contributed by atoms with Crippen LogP contribution in [0.5, 0.6) is 0 Å². The lowest BCUT2D eigenvalue weighted by molar-refractivity contribution is 0.122. The van der Waals surface area contributed by atoms with Crippen LogP contribution in [0.4, 0.5) is 14.5 Å². The summed E-state index contributed by atoms with van der Waals surface area (Å²) < 4.78 is 30.6. The topological polar surface area (TPSA) is 68.8 Å². The maximum absolute atomic E-state index is 12.2. The van der Waals surface area contributed by atoms with Gasteiger partial charge in [0.2, 0.25) is 5.89 Å². The summed E-state index contributed by atoms with van der Waals surface area (Å²) in [5, 5.41) is 10.7. The van der Waals surface area contributed by atoms with E-state index in [0.29, 0.717) is 23.8 Å².